The molecule has 3 nitrogen and oxygen atoms in total. The number of nitriles is 1. The van der Waals surface area contributed by atoms with Crippen LogP contribution < -0.4 is 9.47 Å². The molecule has 0 saturated carbocycles. The Kier molecular flexibility index (Phi) is 5.08. The normalized spacial score (nSPS) is 9.61. The Morgan fingerprint density at radius 2 is 1.50 bits per heavy atom. The van der Waals surface area contributed by atoms with E-state index in [4.69, 9.17) is 14.7 Å². The van der Waals surface area contributed by atoms with Crippen LogP contribution in [-0.2, 0) is 0 Å². The molecule has 1 aromatic rings. The van der Waals surface area contributed by atoms with Crippen LogP contribution in [0.15, 0.2) is 18.2 Å². The van der Waals surface area contributed by atoms with Crippen LogP contribution in [-0.4, -0.2) is 12.2 Å². The molecule has 0 radical (unpaired) electrons. The van der Waals surface area contributed by atoms with Gasteiger partial charge in [0, 0.05) is 5.92 Å². The van der Waals surface area contributed by atoms with E-state index >= 15 is 0 Å². The molecule has 18 heavy (non-hydrogen) atoms. The highest BCUT2D eigenvalue weighted by molar-refractivity contribution is 5.56. The first-order valence-corrected chi connectivity index (χ1v) is 5.91. The summed E-state index contributed by atoms with van der Waals surface area (Å²) in [5, 5.41) is 8.57. The van der Waals surface area contributed by atoms with Gasteiger partial charge in [0.1, 0.15) is 17.1 Å². The van der Waals surface area contributed by atoms with Gasteiger partial charge in [-0.1, -0.05) is 6.07 Å². The standard InChI is InChI=1S/C15H17NO2/c1-11(2)17-14-8-5-9-15(18-12(3)4)13(14)7-6-10-16/h5,8-9,11-12H,1-4H3. The Morgan fingerprint density at radius 3 is 1.89 bits per heavy atom. The Balaban J connectivity index is 3.21. The molecule has 0 aromatic heterocycles. The third-order valence-electron chi connectivity index (χ3n) is 1.96. The minimum atomic E-state index is 0.0435. The predicted octanol–water partition coefficient (Wildman–Crippen LogP) is 3.14. The highest BCUT2D eigenvalue weighted by atomic mass is 16.5. The molecular weight excluding hydrogens is 226 g/mol. The summed E-state index contributed by atoms with van der Waals surface area (Å²) in [4.78, 5) is 0. The number of hydrogen-bond acceptors (Lipinski definition) is 3. The molecule has 1 rings (SSSR count). The topological polar surface area (TPSA) is 42.2 Å². The van der Waals surface area contributed by atoms with Gasteiger partial charge in [-0.3, -0.25) is 0 Å². The molecule has 94 valence electrons. The van der Waals surface area contributed by atoms with E-state index in [2.05, 4.69) is 11.8 Å². The van der Waals surface area contributed by atoms with Gasteiger partial charge in [0.2, 0.25) is 0 Å². The maximum atomic E-state index is 8.57. The van der Waals surface area contributed by atoms with Crippen molar-refractivity contribution in [1.82, 2.24) is 0 Å². The molecule has 0 atom stereocenters. The Hall–Kier alpha value is -2.13. The van der Waals surface area contributed by atoms with Crippen molar-refractivity contribution in [2.24, 2.45) is 0 Å². The monoisotopic (exact) mass is 243 g/mol. The first-order valence-electron chi connectivity index (χ1n) is 5.91. The average Bonchev–Trinajstić information content (AvgIpc) is 2.26. The second-order valence-electron chi connectivity index (χ2n) is 4.32. The maximum Gasteiger partial charge on any atom is 0.152 e. The predicted molar refractivity (Wildman–Crippen MR) is 70.5 cm³/mol. The fourth-order valence-corrected chi connectivity index (χ4v) is 1.43. The quantitative estimate of drug-likeness (QED) is 0.763. The van der Waals surface area contributed by atoms with Gasteiger partial charge >= 0.3 is 0 Å². The second kappa shape index (κ2) is 6.57. The molecule has 3 heteroatoms. The maximum absolute atomic E-state index is 8.57. The molecular formula is C15H17NO2. The van der Waals surface area contributed by atoms with E-state index in [1.54, 1.807) is 6.07 Å². The third kappa shape index (κ3) is 4.03. The third-order valence-corrected chi connectivity index (χ3v) is 1.96. The zero-order chi connectivity index (χ0) is 13.5. The van der Waals surface area contributed by atoms with Gasteiger partial charge in [-0.15, -0.1) is 0 Å². The van der Waals surface area contributed by atoms with E-state index in [1.165, 1.54) is 0 Å². The molecule has 0 aliphatic rings. The van der Waals surface area contributed by atoms with E-state index in [1.807, 2.05) is 45.9 Å². The first-order chi connectivity index (χ1) is 8.54. The summed E-state index contributed by atoms with van der Waals surface area (Å²) < 4.78 is 11.3. The molecule has 1 aromatic carbocycles. The molecule has 0 fully saturated rings. The molecule has 0 amide bonds. The summed E-state index contributed by atoms with van der Waals surface area (Å²) in [6.07, 6.45) is 0.0869. The van der Waals surface area contributed by atoms with Crippen molar-refractivity contribution < 1.29 is 9.47 Å². The molecule has 0 N–H and O–H groups in total. The van der Waals surface area contributed by atoms with Gasteiger partial charge in [0.25, 0.3) is 0 Å². The van der Waals surface area contributed by atoms with E-state index in [9.17, 15) is 0 Å². The van der Waals surface area contributed by atoms with Gasteiger partial charge < -0.3 is 9.47 Å². The smallest absolute Gasteiger partial charge is 0.152 e. The summed E-state index contributed by atoms with van der Waals surface area (Å²) in [6.45, 7) is 7.77. The fraction of sp³-hybridized carbons (Fsp3) is 0.400. The molecule has 0 bridgehead atoms. The van der Waals surface area contributed by atoms with Gasteiger partial charge in [-0.25, -0.2) is 0 Å². The number of nitrogens with zero attached hydrogens (tertiary/aromatic N) is 1. The summed E-state index contributed by atoms with van der Waals surface area (Å²) >= 11 is 0. The van der Waals surface area contributed by atoms with Crippen LogP contribution in [0.4, 0.5) is 0 Å². The number of ether oxygens (including phenoxy) is 2. The number of hydrogen-bond donors (Lipinski definition) is 0. The summed E-state index contributed by atoms with van der Waals surface area (Å²) in [5.41, 5.74) is 0.626. The summed E-state index contributed by atoms with van der Waals surface area (Å²) in [6, 6.07) is 7.32. The summed E-state index contributed by atoms with van der Waals surface area (Å²) in [7, 11) is 0. The van der Waals surface area contributed by atoms with Gasteiger partial charge in [-0.2, -0.15) is 5.26 Å². The number of benzene rings is 1. The SMILES string of the molecule is CC(C)Oc1cccc(OC(C)C)c1C#CC#N. The lowest BCUT2D eigenvalue weighted by Gasteiger charge is -2.16. The molecule has 0 heterocycles. The van der Waals surface area contributed by atoms with Gasteiger partial charge in [0.15, 0.2) is 6.07 Å². The molecule has 0 spiro atoms. The van der Waals surface area contributed by atoms with Gasteiger partial charge in [-0.05, 0) is 45.7 Å². The Labute approximate surface area is 108 Å². The van der Waals surface area contributed by atoms with Crippen LogP contribution in [0.25, 0.3) is 0 Å². The highest BCUT2D eigenvalue weighted by Crippen LogP contribution is 2.29. The van der Waals surface area contributed by atoms with Crippen molar-refractivity contribution in [3.8, 4) is 29.4 Å². The zero-order valence-corrected chi connectivity index (χ0v) is 11.2. The lowest BCUT2D eigenvalue weighted by molar-refractivity contribution is 0.228. The zero-order valence-electron chi connectivity index (χ0n) is 11.2. The summed E-state index contributed by atoms with van der Waals surface area (Å²) in [5.74, 6) is 6.46. The molecule has 0 saturated heterocycles. The lowest BCUT2D eigenvalue weighted by Crippen LogP contribution is -2.10. The lowest BCUT2D eigenvalue weighted by atomic mass is 10.1. The van der Waals surface area contributed by atoms with Crippen LogP contribution in [0.5, 0.6) is 11.5 Å². The van der Waals surface area contributed by atoms with Crippen molar-refractivity contribution in [3.05, 3.63) is 23.8 Å². The minimum absolute atomic E-state index is 0.0435. The number of rotatable bonds is 4. The van der Waals surface area contributed by atoms with E-state index in [-0.39, 0.29) is 12.2 Å². The van der Waals surface area contributed by atoms with E-state index in [0.717, 1.165) is 0 Å². The van der Waals surface area contributed by atoms with Crippen LogP contribution in [0, 0.1) is 23.2 Å². The molecule has 0 aliphatic carbocycles. The van der Waals surface area contributed by atoms with E-state index < -0.39 is 0 Å². The van der Waals surface area contributed by atoms with Crippen molar-refractivity contribution in [3.63, 3.8) is 0 Å². The van der Waals surface area contributed by atoms with Crippen LogP contribution in [0.3, 0.4) is 0 Å². The largest absolute Gasteiger partial charge is 0.490 e. The van der Waals surface area contributed by atoms with Crippen molar-refractivity contribution >= 4 is 0 Å². The Bertz CT molecular complexity index is 473. The van der Waals surface area contributed by atoms with Crippen molar-refractivity contribution in [1.29, 1.82) is 5.26 Å². The minimum Gasteiger partial charge on any atom is -0.490 e. The first kappa shape index (κ1) is 13.9. The van der Waals surface area contributed by atoms with Crippen molar-refractivity contribution in [2.45, 2.75) is 39.9 Å². The second-order valence-corrected chi connectivity index (χ2v) is 4.32. The molecule has 0 aliphatic heterocycles. The van der Waals surface area contributed by atoms with Crippen LogP contribution >= 0.6 is 0 Å². The van der Waals surface area contributed by atoms with Crippen LogP contribution in [0.2, 0.25) is 0 Å². The average molecular weight is 243 g/mol. The van der Waals surface area contributed by atoms with Gasteiger partial charge in [0.05, 0.1) is 12.2 Å². The highest BCUT2D eigenvalue weighted by Gasteiger charge is 2.11. The van der Waals surface area contributed by atoms with Crippen molar-refractivity contribution in [2.75, 3.05) is 0 Å². The molecule has 0 unspecified atom stereocenters. The van der Waals surface area contributed by atoms with Crippen LogP contribution in [0.1, 0.15) is 33.3 Å². The van der Waals surface area contributed by atoms with E-state index in [0.29, 0.717) is 17.1 Å². The Morgan fingerprint density at radius 1 is 1.00 bits per heavy atom. The fourth-order valence-electron chi connectivity index (χ4n) is 1.43.